The summed E-state index contributed by atoms with van der Waals surface area (Å²) in [6, 6.07) is 0. The molecule has 2 heteroatoms. The topological polar surface area (TPSA) is 20.3 Å². The van der Waals surface area contributed by atoms with Crippen LogP contribution in [0.15, 0.2) is 25.3 Å². The van der Waals surface area contributed by atoms with Gasteiger partial charge >= 0.3 is 0 Å². The summed E-state index contributed by atoms with van der Waals surface area (Å²) in [5.41, 5.74) is 0. The molecule has 0 aromatic rings. The molecule has 0 aromatic heterocycles. The molecule has 2 bridgehead atoms. The highest BCUT2D eigenvalue weighted by atomic mass is 16.2. The Kier molecular flexibility index (Phi) is 3.47. The lowest BCUT2D eigenvalue weighted by atomic mass is 9.87. The second-order valence-electron chi connectivity index (χ2n) is 5.10. The first-order valence-electron chi connectivity index (χ1n) is 6.26. The van der Waals surface area contributed by atoms with E-state index in [1.165, 1.54) is 19.3 Å². The number of amides is 1. The molecular formula is C14H21NO. The summed E-state index contributed by atoms with van der Waals surface area (Å²) in [7, 11) is 0. The van der Waals surface area contributed by atoms with Crippen molar-refractivity contribution in [3.8, 4) is 0 Å². The molecule has 2 saturated carbocycles. The summed E-state index contributed by atoms with van der Waals surface area (Å²) in [6.07, 6.45) is 8.61. The molecule has 0 aliphatic heterocycles. The van der Waals surface area contributed by atoms with E-state index in [-0.39, 0.29) is 0 Å². The third-order valence-corrected chi connectivity index (χ3v) is 4.07. The van der Waals surface area contributed by atoms with Crippen molar-refractivity contribution in [2.24, 2.45) is 17.8 Å². The Labute approximate surface area is 98.0 Å². The lowest BCUT2D eigenvalue weighted by molar-refractivity contribution is -0.136. The van der Waals surface area contributed by atoms with E-state index in [1.807, 2.05) is 4.90 Å². The highest BCUT2D eigenvalue weighted by Crippen LogP contribution is 2.48. The predicted molar refractivity (Wildman–Crippen MR) is 65.9 cm³/mol. The van der Waals surface area contributed by atoms with Gasteiger partial charge in [0.1, 0.15) is 0 Å². The van der Waals surface area contributed by atoms with Crippen LogP contribution < -0.4 is 0 Å². The highest BCUT2D eigenvalue weighted by molar-refractivity contribution is 5.80. The standard InChI is InChI=1S/C14H21NO/c1-3-7-15(8-4-2)14(16)13-10-11-5-6-12(13)9-11/h3-4,11-13H,1-2,5-10H2/t11-,12-,13+/m1/s1. The van der Waals surface area contributed by atoms with Crippen molar-refractivity contribution in [2.45, 2.75) is 25.7 Å². The number of carbonyl (C=O) groups excluding carboxylic acids is 1. The molecule has 2 rings (SSSR count). The van der Waals surface area contributed by atoms with Crippen LogP contribution in [0.4, 0.5) is 0 Å². The average molecular weight is 219 g/mol. The number of rotatable bonds is 5. The Hall–Kier alpha value is -1.05. The van der Waals surface area contributed by atoms with Gasteiger partial charge in [0, 0.05) is 19.0 Å². The van der Waals surface area contributed by atoms with Crippen LogP contribution in [0.25, 0.3) is 0 Å². The molecule has 0 radical (unpaired) electrons. The van der Waals surface area contributed by atoms with Crippen LogP contribution in [0.3, 0.4) is 0 Å². The van der Waals surface area contributed by atoms with Crippen molar-refractivity contribution in [1.82, 2.24) is 4.90 Å². The third kappa shape index (κ3) is 2.06. The van der Waals surface area contributed by atoms with E-state index in [0.29, 0.717) is 30.8 Å². The zero-order valence-corrected chi connectivity index (χ0v) is 9.90. The van der Waals surface area contributed by atoms with E-state index in [0.717, 1.165) is 12.3 Å². The normalized spacial score (nSPS) is 31.4. The van der Waals surface area contributed by atoms with Gasteiger partial charge < -0.3 is 4.90 Å². The molecule has 0 spiro atoms. The first-order valence-corrected chi connectivity index (χ1v) is 6.26. The van der Waals surface area contributed by atoms with Gasteiger partial charge in [-0.05, 0) is 31.1 Å². The Morgan fingerprint density at radius 3 is 2.31 bits per heavy atom. The third-order valence-electron chi connectivity index (χ3n) is 4.07. The summed E-state index contributed by atoms with van der Waals surface area (Å²) in [5.74, 6) is 2.11. The van der Waals surface area contributed by atoms with Gasteiger partial charge in [0.2, 0.25) is 5.91 Å². The van der Waals surface area contributed by atoms with Crippen LogP contribution >= 0.6 is 0 Å². The molecule has 2 aliphatic carbocycles. The Bertz CT molecular complexity index is 287. The molecule has 2 nitrogen and oxygen atoms in total. The molecule has 0 N–H and O–H groups in total. The van der Waals surface area contributed by atoms with E-state index in [4.69, 9.17) is 0 Å². The molecule has 0 unspecified atom stereocenters. The molecular weight excluding hydrogens is 198 g/mol. The van der Waals surface area contributed by atoms with Crippen LogP contribution in [-0.2, 0) is 4.79 Å². The number of fused-ring (bicyclic) bond motifs is 2. The minimum absolute atomic E-state index is 0.290. The van der Waals surface area contributed by atoms with Gasteiger partial charge in [0.25, 0.3) is 0 Å². The fourth-order valence-electron chi connectivity index (χ4n) is 3.35. The van der Waals surface area contributed by atoms with Gasteiger partial charge in [0.15, 0.2) is 0 Å². The van der Waals surface area contributed by atoms with Gasteiger partial charge in [0.05, 0.1) is 0 Å². The monoisotopic (exact) mass is 219 g/mol. The van der Waals surface area contributed by atoms with Crippen LogP contribution in [0.5, 0.6) is 0 Å². The quantitative estimate of drug-likeness (QED) is 0.651. The van der Waals surface area contributed by atoms with Crippen molar-refractivity contribution in [1.29, 1.82) is 0 Å². The number of hydrogen-bond acceptors (Lipinski definition) is 1. The zero-order valence-electron chi connectivity index (χ0n) is 9.90. The maximum absolute atomic E-state index is 12.3. The minimum atomic E-state index is 0.290. The van der Waals surface area contributed by atoms with Crippen LogP contribution in [0.1, 0.15) is 25.7 Å². The Morgan fingerprint density at radius 1 is 1.19 bits per heavy atom. The molecule has 3 atom stereocenters. The fourth-order valence-corrected chi connectivity index (χ4v) is 3.35. The SMILES string of the molecule is C=CCN(CC=C)C(=O)[C@H]1C[C@@H]2CC[C@@H]1C2. The molecule has 0 heterocycles. The van der Waals surface area contributed by atoms with Gasteiger partial charge in [-0.25, -0.2) is 0 Å². The lowest BCUT2D eigenvalue weighted by Gasteiger charge is -2.27. The van der Waals surface area contributed by atoms with Crippen LogP contribution in [0.2, 0.25) is 0 Å². The summed E-state index contributed by atoms with van der Waals surface area (Å²) >= 11 is 0. The Balaban J connectivity index is 1.99. The maximum atomic E-state index is 12.3. The first kappa shape index (κ1) is 11.4. The summed E-state index contributed by atoms with van der Waals surface area (Å²) < 4.78 is 0. The van der Waals surface area contributed by atoms with Gasteiger partial charge in [-0.2, -0.15) is 0 Å². The minimum Gasteiger partial charge on any atom is -0.335 e. The number of nitrogens with zero attached hydrogens (tertiary/aromatic N) is 1. The zero-order chi connectivity index (χ0) is 11.5. The van der Waals surface area contributed by atoms with E-state index < -0.39 is 0 Å². The van der Waals surface area contributed by atoms with Gasteiger partial charge in [-0.3, -0.25) is 4.79 Å². The molecule has 0 saturated heterocycles. The van der Waals surface area contributed by atoms with Crippen molar-refractivity contribution in [3.05, 3.63) is 25.3 Å². The predicted octanol–water partition coefficient (Wildman–Crippen LogP) is 2.62. The van der Waals surface area contributed by atoms with Crippen LogP contribution in [-0.4, -0.2) is 23.9 Å². The van der Waals surface area contributed by atoms with E-state index in [2.05, 4.69) is 13.2 Å². The number of carbonyl (C=O) groups is 1. The first-order chi connectivity index (χ1) is 7.76. The van der Waals surface area contributed by atoms with Crippen molar-refractivity contribution >= 4 is 5.91 Å². The van der Waals surface area contributed by atoms with Gasteiger partial charge in [-0.15, -0.1) is 13.2 Å². The summed E-state index contributed by atoms with van der Waals surface area (Å²) in [4.78, 5) is 14.2. The fraction of sp³-hybridized carbons (Fsp3) is 0.643. The average Bonchev–Trinajstić information content (AvgIpc) is 2.89. The van der Waals surface area contributed by atoms with Crippen molar-refractivity contribution in [3.63, 3.8) is 0 Å². The summed E-state index contributed by atoms with van der Waals surface area (Å²) in [6.45, 7) is 8.73. The molecule has 2 aliphatic rings. The highest BCUT2D eigenvalue weighted by Gasteiger charge is 2.44. The van der Waals surface area contributed by atoms with Crippen molar-refractivity contribution < 1.29 is 4.79 Å². The molecule has 16 heavy (non-hydrogen) atoms. The van der Waals surface area contributed by atoms with E-state index >= 15 is 0 Å². The second kappa shape index (κ2) is 4.86. The number of hydrogen-bond donors (Lipinski definition) is 0. The largest absolute Gasteiger partial charge is 0.335 e. The molecule has 88 valence electrons. The lowest BCUT2D eigenvalue weighted by Crippen LogP contribution is -2.38. The summed E-state index contributed by atoms with van der Waals surface area (Å²) in [5, 5.41) is 0. The maximum Gasteiger partial charge on any atom is 0.226 e. The molecule has 0 aromatic carbocycles. The van der Waals surface area contributed by atoms with E-state index in [1.54, 1.807) is 12.2 Å². The van der Waals surface area contributed by atoms with Crippen molar-refractivity contribution in [2.75, 3.05) is 13.1 Å². The Morgan fingerprint density at radius 2 is 1.88 bits per heavy atom. The smallest absolute Gasteiger partial charge is 0.226 e. The van der Waals surface area contributed by atoms with Crippen LogP contribution in [0, 0.1) is 17.8 Å². The molecule has 1 amide bonds. The second-order valence-corrected chi connectivity index (χ2v) is 5.10. The van der Waals surface area contributed by atoms with E-state index in [9.17, 15) is 4.79 Å². The molecule has 2 fully saturated rings. The van der Waals surface area contributed by atoms with Gasteiger partial charge in [-0.1, -0.05) is 18.6 Å².